The van der Waals surface area contributed by atoms with Gasteiger partial charge in [-0.05, 0) is 26.0 Å². The van der Waals surface area contributed by atoms with Crippen molar-refractivity contribution in [2.24, 2.45) is 0 Å². The zero-order valence-corrected chi connectivity index (χ0v) is 12.5. The van der Waals surface area contributed by atoms with Gasteiger partial charge in [-0.2, -0.15) is 0 Å². The molecule has 0 N–H and O–H groups in total. The van der Waals surface area contributed by atoms with Gasteiger partial charge >= 0.3 is 11.2 Å². The lowest BCUT2D eigenvalue weighted by Crippen LogP contribution is -2.24. The average molecular weight is 296 g/mol. The second-order valence-corrected chi connectivity index (χ2v) is 5.40. The Morgan fingerprint density at radius 2 is 1.86 bits per heavy atom. The number of allylic oxidation sites excluding steroid dienone is 1. The lowest BCUT2D eigenvalue weighted by molar-refractivity contribution is 0.651. The van der Waals surface area contributed by atoms with Gasteiger partial charge in [0.1, 0.15) is 0 Å². The fraction of sp³-hybridized carbons (Fsp3) is 0.188. The molecule has 112 valence electrons. The van der Waals surface area contributed by atoms with Gasteiger partial charge in [-0.1, -0.05) is 29.8 Å². The largest absolute Gasteiger partial charge is 0.350 e. The van der Waals surface area contributed by atoms with E-state index < -0.39 is 0 Å². The maximum absolute atomic E-state index is 12.6. The summed E-state index contributed by atoms with van der Waals surface area (Å²) in [5, 5.41) is 4.13. The van der Waals surface area contributed by atoms with Gasteiger partial charge in [-0.3, -0.25) is 9.36 Å². The molecule has 0 radical (unpaired) electrons. The second kappa shape index (κ2) is 5.14. The number of hydrogen-bond acceptors (Lipinski definition) is 3. The molecule has 0 unspecified atom stereocenters. The molecular weight excluding hydrogens is 280 g/mol. The summed E-state index contributed by atoms with van der Waals surface area (Å²) in [6.45, 7) is 7.85. The number of nitrogens with zero attached hydrogens (tertiary/aromatic N) is 4. The molecular formula is C16H16N4O2. The maximum atomic E-state index is 12.6. The van der Waals surface area contributed by atoms with Crippen LogP contribution in [-0.2, 0) is 6.54 Å². The SMILES string of the molecule is C=C(C)Cn1nc2c(=O)n(-c3ccc(C)cc3)ccn2c1=O. The van der Waals surface area contributed by atoms with Crippen molar-refractivity contribution in [3.05, 3.63) is 75.2 Å². The lowest BCUT2D eigenvalue weighted by Gasteiger charge is -2.05. The molecule has 22 heavy (non-hydrogen) atoms. The number of rotatable bonds is 3. The topological polar surface area (TPSA) is 61.3 Å². The Hall–Kier alpha value is -2.89. The fourth-order valence-electron chi connectivity index (χ4n) is 2.28. The number of aromatic nitrogens is 4. The molecule has 0 aliphatic carbocycles. The van der Waals surface area contributed by atoms with Crippen LogP contribution in [0.25, 0.3) is 11.3 Å². The monoisotopic (exact) mass is 296 g/mol. The van der Waals surface area contributed by atoms with Crippen molar-refractivity contribution >= 4 is 5.65 Å². The first kappa shape index (κ1) is 14.1. The number of fused-ring (bicyclic) bond motifs is 1. The van der Waals surface area contributed by atoms with Crippen LogP contribution in [0.15, 0.2) is 58.4 Å². The molecule has 3 rings (SSSR count). The lowest BCUT2D eigenvalue weighted by atomic mass is 10.2. The van der Waals surface area contributed by atoms with Crippen molar-refractivity contribution in [3.8, 4) is 5.69 Å². The normalized spacial score (nSPS) is 11.0. The first-order valence-electron chi connectivity index (χ1n) is 6.89. The van der Waals surface area contributed by atoms with Crippen molar-refractivity contribution in [3.63, 3.8) is 0 Å². The molecule has 0 spiro atoms. The standard InChI is InChI=1S/C16H16N4O2/c1-11(2)10-20-16(22)19-9-8-18(15(21)14(19)17-20)13-6-4-12(3)5-7-13/h4-9H,1,10H2,2-3H3. The zero-order chi connectivity index (χ0) is 15.9. The van der Waals surface area contributed by atoms with E-state index in [9.17, 15) is 9.59 Å². The zero-order valence-electron chi connectivity index (χ0n) is 12.5. The molecule has 6 heteroatoms. The highest BCUT2D eigenvalue weighted by Gasteiger charge is 2.12. The molecule has 2 aromatic heterocycles. The van der Waals surface area contributed by atoms with Crippen LogP contribution in [0.5, 0.6) is 0 Å². The molecule has 0 aliphatic heterocycles. The predicted octanol–water partition coefficient (Wildman–Crippen LogP) is 1.53. The van der Waals surface area contributed by atoms with Crippen LogP contribution in [0, 0.1) is 6.92 Å². The summed E-state index contributed by atoms with van der Waals surface area (Å²) in [6, 6.07) is 7.57. The fourth-order valence-corrected chi connectivity index (χ4v) is 2.28. The summed E-state index contributed by atoms with van der Waals surface area (Å²) in [7, 11) is 0. The number of aryl methyl sites for hydroxylation is 1. The van der Waals surface area contributed by atoms with E-state index in [1.165, 1.54) is 13.6 Å². The Morgan fingerprint density at radius 3 is 2.50 bits per heavy atom. The molecule has 0 amide bonds. The highest BCUT2D eigenvalue weighted by Crippen LogP contribution is 2.07. The summed E-state index contributed by atoms with van der Waals surface area (Å²) < 4.78 is 3.99. The van der Waals surface area contributed by atoms with Crippen LogP contribution >= 0.6 is 0 Å². The first-order valence-corrected chi connectivity index (χ1v) is 6.89. The van der Waals surface area contributed by atoms with Gasteiger partial charge < -0.3 is 0 Å². The van der Waals surface area contributed by atoms with Crippen molar-refractivity contribution < 1.29 is 0 Å². The van der Waals surface area contributed by atoms with E-state index in [1.807, 2.05) is 31.2 Å². The van der Waals surface area contributed by atoms with Crippen LogP contribution in [0.4, 0.5) is 0 Å². The van der Waals surface area contributed by atoms with Gasteiger partial charge in [0.15, 0.2) is 0 Å². The molecule has 0 aliphatic rings. The van der Waals surface area contributed by atoms with Gasteiger partial charge in [0.25, 0.3) is 0 Å². The Labute approximate surface area is 126 Å². The van der Waals surface area contributed by atoms with E-state index in [4.69, 9.17) is 0 Å². The Kier molecular flexibility index (Phi) is 3.29. The second-order valence-electron chi connectivity index (χ2n) is 5.40. The van der Waals surface area contributed by atoms with E-state index in [1.54, 1.807) is 19.3 Å². The molecule has 0 fully saturated rings. The smallest absolute Gasteiger partial charge is 0.280 e. The highest BCUT2D eigenvalue weighted by atomic mass is 16.2. The van der Waals surface area contributed by atoms with E-state index in [2.05, 4.69) is 11.7 Å². The molecule has 1 aromatic carbocycles. The summed E-state index contributed by atoms with van der Waals surface area (Å²) in [6.07, 6.45) is 3.13. The Balaban J connectivity index is 2.22. The minimum atomic E-state index is -0.342. The third-order valence-electron chi connectivity index (χ3n) is 3.38. The molecule has 0 saturated heterocycles. The van der Waals surface area contributed by atoms with Crippen LogP contribution in [-0.4, -0.2) is 18.7 Å². The third kappa shape index (κ3) is 2.28. The molecule has 6 nitrogen and oxygen atoms in total. The van der Waals surface area contributed by atoms with Crippen LogP contribution in [0.1, 0.15) is 12.5 Å². The summed E-state index contributed by atoms with van der Waals surface area (Å²) >= 11 is 0. The number of hydrogen-bond donors (Lipinski definition) is 0. The third-order valence-corrected chi connectivity index (χ3v) is 3.38. The number of benzene rings is 1. The van der Waals surface area contributed by atoms with Crippen molar-refractivity contribution in [2.45, 2.75) is 20.4 Å². The maximum Gasteiger partial charge on any atom is 0.350 e. The van der Waals surface area contributed by atoms with E-state index in [-0.39, 0.29) is 16.9 Å². The van der Waals surface area contributed by atoms with Crippen molar-refractivity contribution in [1.29, 1.82) is 0 Å². The summed E-state index contributed by atoms with van der Waals surface area (Å²) in [4.78, 5) is 24.8. The Morgan fingerprint density at radius 1 is 1.18 bits per heavy atom. The van der Waals surface area contributed by atoms with Crippen LogP contribution in [0.3, 0.4) is 0 Å². The van der Waals surface area contributed by atoms with E-state index in [0.29, 0.717) is 6.54 Å². The van der Waals surface area contributed by atoms with Crippen LogP contribution in [0.2, 0.25) is 0 Å². The van der Waals surface area contributed by atoms with E-state index in [0.717, 1.165) is 16.8 Å². The molecule has 0 bridgehead atoms. The van der Waals surface area contributed by atoms with Crippen molar-refractivity contribution in [1.82, 2.24) is 18.7 Å². The highest BCUT2D eigenvalue weighted by molar-refractivity contribution is 5.40. The minimum Gasteiger partial charge on any atom is -0.280 e. The molecule has 0 saturated carbocycles. The van der Waals surface area contributed by atoms with Gasteiger partial charge in [0, 0.05) is 18.1 Å². The summed E-state index contributed by atoms with van der Waals surface area (Å²) in [5.41, 5.74) is 2.08. The van der Waals surface area contributed by atoms with Gasteiger partial charge in [-0.15, -0.1) is 5.10 Å². The van der Waals surface area contributed by atoms with Crippen LogP contribution < -0.4 is 11.2 Å². The average Bonchev–Trinajstić information content (AvgIpc) is 2.78. The first-order chi connectivity index (χ1) is 10.5. The van der Waals surface area contributed by atoms with Crippen molar-refractivity contribution in [2.75, 3.05) is 0 Å². The van der Waals surface area contributed by atoms with Gasteiger partial charge in [-0.25, -0.2) is 13.9 Å². The van der Waals surface area contributed by atoms with E-state index >= 15 is 0 Å². The minimum absolute atomic E-state index is 0.106. The molecule has 2 heterocycles. The molecule has 3 aromatic rings. The predicted molar refractivity (Wildman–Crippen MR) is 84.6 cm³/mol. The Bertz CT molecular complexity index is 974. The molecule has 0 atom stereocenters. The quantitative estimate of drug-likeness (QED) is 0.689. The summed E-state index contributed by atoms with van der Waals surface area (Å²) in [5.74, 6) is 0. The van der Waals surface area contributed by atoms with Gasteiger partial charge in [0.2, 0.25) is 5.65 Å². The van der Waals surface area contributed by atoms with Gasteiger partial charge in [0.05, 0.1) is 6.54 Å².